The van der Waals surface area contributed by atoms with Crippen LogP contribution in [-0.2, 0) is 32.5 Å². The van der Waals surface area contributed by atoms with Crippen molar-refractivity contribution >= 4 is 0 Å². The fraction of sp³-hybridized carbons (Fsp3) is 0.0519. The van der Waals surface area contributed by atoms with Gasteiger partial charge in [-0.2, -0.15) is 10.5 Å². The largest absolute Gasteiger partial charge is 0.192 e. The van der Waals surface area contributed by atoms with E-state index in [0.29, 0.717) is 11.1 Å². The second-order valence-corrected chi connectivity index (χ2v) is 37.1. The van der Waals surface area contributed by atoms with Crippen LogP contribution in [0.5, 0.6) is 0 Å². The van der Waals surface area contributed by atoms with E-state index in [2.05, 4.69) is 523 Å². The van der Waals surface area contributed by atoms with Gasteiger partial charge in [0.25, 0.3) is 0 Å². The van der Waals surface area contributed by atoms with Gasteiger partial charge in [0.05, 0.1) is 55.8 Å². The summed E-state index contributed by atoms with van der Waals surface area (Å²) in [6.07, 6.45) is 0. The molecule has 27 rings (SSSR count). The Morgan fingerprint density at radius 1 is 0.146 bits per heavy atom. The van der Waals surface area contributed by atoms with E-state index < -0.39 is 32.5 Å². The highest BCUT2D eigenvalue weighted by atomic mass is 14.6. The number of hydrogen-bond donors (Lipinski definition) is 0. The molecule has 137 heavy (non-hydrogen) atoms. The van der Waals surface area contributed by atoms with Gasteiger partial charge in [-0.3, -0.25) is 0 Å². The maximum absolute atomic E-state index is 9.57. The molecule has 0 saturated carbocycles. The number of aryl methyl sites for hydroxylation is 1. The van der Waals surface area contributed by atoms with E-state index in [1.807, 2.05) is 24.3 Å². The van der Waals surface area contributed by atoms with Crippen LogP contribution in [0, 0.1) is 29.6 Å². The van der Waals surface area contributed by atoms with Crippen LogP contribution in [-0.4, -0.2) is 0 Å². The third-order valence-electron chi connectivity index (χ3n) is 30.8. The molecule has 2 nitrogen and oxygen atoms in total. The summed E-state index contributed by atoms with van der Waals surface area (Å²) in [5.41, 5.74) is 45.8. The van der Waals surface area contributed by atoms with Gasteiger partial charge in [-0.15, -0.1) is 0 Å². The Labute approximate surface area is 801 Å². The molecular formula is C135H90N2. The van der Waals surface area contributed by atoms with E-state index in [9.17, 15) is 10.5 Å². The first kappa shape index (κ1) is 81.6. The van der Waals surface area contributed by atoms with E-state index in [1.54, 1.807) is 0 Å². The van der Waals surface area contributed by atoms with Crippen LogP contribution in [0.25, 0.3) is 66.8 Å². The standard InChI is InChI=1S/2C45H29N.C45H32/c46-30-31-26-28-32(29-27-31)35-18-7-9-21-38(35)44(33-14-3-1-4-15-33)40-23-11-12-24-41(40)45(34-16-5-2-6-17-34)39-22-10-8-19-36(39)37-20-13-25-42(44)43(37)45;46-30-31-25-27-32(28-26-31)33-13-11-18-36(29-33)44(34-14-3-1-4-15-34)40-22-9-10-23-41(40)45(35-16-5-2-6-17-35)39-21-8-7-19-37(39)38-20-12-24-42(44)43(38)45;1-31-23-25-32(26-24-31)33-27-29-36(30-28-33)44(34-13-4-2-5-14-34)40-20-10-11-21-41(40)45(35-15-6-3-7-16-35)39-19-9-8-17-37(39)38-18-12-22-42(44)43(38)45/h2*1-29H;2-30H,1H3. The summed E-state index contributed by atoms with van der Waals surface area (Å²) in [6, 6.07) is 199. The summed E-state index contributed by atoms with van der Waals surface area (Å²) in [6.45, 7) is 2.14. The molecule has 2 heteroatoms. The SMILES string of the molecule is Cc1ccc(-c2ccc(C3(c4ccccc4)c4ccccc4C4(c5ccccc5)c5ccccc5-c5cccc3c54)cc2)cc1.N#Cc1ccc(-c2cccc(C3(c4ccccc4)c4ccccc4C4(c5ccccc5)c5ccccc5-c5cccc3c54)c2)cc1.N#Cc1ccc(-c2ccccc2C2(c3ccccc3)c3ccccc3C3(c4ccccc4)c4ccccc4-c4cccc2c43)cc1. The maximum atomic E-state index is 9.57. The lowest BCUT2D eigenvalue weighted by atomic mass is 9.51. The lowest BCUT2D eigenvalue weighted by Crippen LogP contribution is -2.44. The number of nitriles is 2. The molecule has 0 bridgehead atoms. The quantitative estimate of drug-likeness (QED) is 0.122. The fourth-order valence-electron chi connectivity index (χ4n) is 25.6. The Kier molecular flexibility index (Phi) is 19.4. The van der Waals surface area contributed by atoms with Gasteiger partial charge >= 0.3 is 0 Å². The minimum atomic E-state index is -0.617. The van der Waals surface area contributed by atoms with Gasteiger partial charge in [0.1, 0.15) is 0 Å². The third kappa shape index (κ3) is 11.7. The van der Waals surface area contributed by atoms with Crippen LogP contribution in [0.3, 0.4) is 0 Å². The molecule has 0 saturated heterocycles. The predicted molar refractivity (Wildman–Crippen MR) is 557 cm³/mol. The Hall–Kier alpha value is -17.4. The Morgan fingerprint density at radius 2 is 0.365 bits per heavy atom. The number of nitrogens with zero attached hydrogens (tertiary/aromatic N) is 2. The first-order valence-electron chi connectivity index (χ1n) is 47.5. The zero-order chi connectivity index (χ0) is 91.4. The van der Waals surface area contributed by atoms with Crippen molar-refractivity contribution in [2.24, 2.45) is 0 Å². The van der Waals surface area contributed by atoms with Crippen molar-refractivity contribution in [1.29, 1.82) is 10.5 Å². The average Bonchev–Trinajstić information content (AvgIpc) is 1.55. The topological polar surface area (TPSA) is 47.6 Å². The molecule has 640 valence electrons. The molecule has 0 heterocycles. The van der Waals surface area contributed by atoms with E-state index in [0.717, 1.165) is 22.3 Å². The van der Waals surface area contributed by atoms with E-state index in [-0.39, 0.29) is 0 Å². The molecule has 6 unspecified atom stereocenters. The molecule has 0 N–H and O–H groups in total. The van der Waals surface area contributed by atoms with E-state index in [4.69, 9.17) is 0 Å². The van der Waals surface area contributed by atoms with Gasteiger partial charge in [-0.1, -0.05) is 503 Å². The van der Waals surface area contributed by atoms with Crippen molar-refractivity contribution in [2.75, 3.05) is 0 Å². The number of fused-ring (bicyclic) bond motifs is 15. The van der Waals surface area contributed by atoms with E-state index >= 15 is 0 Å². The smallest absolute Gasteiger partial charge is 0.0991 e. The van der Waals surface area contributed by atoms with Gasteiger partial charge in [0.15, 0.2) is 0 Å². The Balaban J connectivity index is 0.000000109. The summed E-state index contributed by atoms with van der Waals surface area (Å²) in [5, 5.41) is 19.0. The maximum Gasteiger partial charge on any atom is 0.0991 e. The van der Waals surface area contributed by atoms with Gasteiger partial charge in [-0.25, -0.2) is 0 Å². The Bertz CT molecular complexity index is 8380. The molecule has 0 fully saturated rings. The summed E-state index contributed by atoms with van der Waals surface area (Å²) < 4.78 is 0. The van der Waals surface area contributed by atoms with Crippen LogP contribution in [0.15, 0.2) is 528 Å². The first-order valence-corrected chi connectivity index (χ1v) is 47.5. The van der Waals surface area contributed by atoms with Gasteiger partial charge in [0, 0.05) is 0 Å². The van der Waals surface area contributed by atoms with Gasteiger partial charge in [0.2, 0.25) is 0 Å². The second kappa shape index (κ2) is 32.5. The third-order valence-corrected chi connectivity index (χ3v) is 30.8. The highest BCUT2D eigenvalue weighted by Crippen LogP contribution is 2.71. The second-order valence-electron chi connectivity index (χ2n) is 37.1. The first-order chi connectivity index (χ1) is 67.8. The minimum Gasteiger partial charge on any atom is -0.192 e. The minimum absolute atomic E-state index is 0.416. The predicted octanol–water partition coefficient (Wildman–Crippen LogP) is 31.3. The van der Waals surface area contributed by atoms with Gasteiger partial charge in [-0.05, 0) is 238 Å². The average molecular weight is 1740 g/mol. The van der Waals surface area contributed by atoms with Crippen molar-refractivity contribution in [2.45, 2.75) is 39.4 Å². The lowest BCUT2D eigenvalue weighted by Gasteiger charge is -2.50. The van der Waals surface area contributed by atoms with Crippen molar-refractivity contribution in [3.8, 4) is 78.9 Å². The highest BCUT2D eigenvalue weighted by molar-refractivity contribution is 5.97. The van der Waals surface area contributed by atoms with Crippen molar-refractivity contribution in [3.05, 3.63) is 678 Å². The van der Waals surface area contributed by atoms with E-state index in [1.165, 1.54) is 184 Å². The van der Waals surface area contributed by atoms with Crippen molar-refractivity contribution < 1.29 is 0 Å². The molecular weight excluding hydrogens is 1650 g/mol. The fourth-order valence-corrected chi connectivity index (χ4v) is 25.6. The zero-order valence-electron chi connectivity index (χ0n) is 75.6. The van der Waals surface area contributed by atoms with Crippen LogP contribution in [0.4, 0.5) is 0 Å². The molecule has 0 radical (unpaired) electrons. The van der Waals surface area contributed by atoms with Crippen LogP contribution >= 0.6 is 0 Å². The molecule has 0 aliphatic heterocycles. The monoisotopic (exact) mass is 1740 g/mol. The normalized spacial score (nSPS) is 18.7. The number of hydrogen-bond acceptors (Lipinski definition) is 2. The molecule has 21 aromatic rings. The molecule has 0 amide bonds. The Morgan fingerprint density at radius 3 is 0.723 bits per heavy atom. The lowest BCUT2D eigenvalue weighted by molar-refractivity contribution is 0.627. The van der Waals surface area contributed by atoms with Crippen molar-refractivity contribution in [1.82, 2.24) is 0 Å². The number of benzene rings is 21. The van der Waals surface area contributed by atoms with Gasteiger partial charge < -0.3 is 0 Å². The van der Waals surface area contributed by atoms with Crippen molar-refractivity contribution in [3.63, 3.8) is 0 Å². The molecule has 0 spiro atoms. The molecule has 6 aliphatic rings. The number of rotatable bonds is 12. The molecule has 0 aromatic heterocycles. The summed E-state index contributed by atoms with van der Waals surface area (Å²) in [5.74, 6) is 0. The van der Waals surface area contributed by atoms with Crippen LogP contribution < -0.4 is 0 Å². The molecule has 6 aliphatic carbocycles. The van der Waals surface area contributed by atoms with Crippen LogP contribution in [0.1, 0.15) is 150 Å². The summed E-state index contributed by atoms with van der Waals surface area (Å²) in [7, 11) is 0. The molecule has 6 atom stereocenters. The summed E-state index contributed by atoms with van der Waals surface area (Å²) >= 11 is 0. The van der Waals surface area contributed by atoms with Crippen LogP contribution in [0.2, 0.25) is 0 Å². The zero-order valence-corrected chi connectivity index (χ0v) is 75.6. The summed E-state index contributed by atoms with van der Waals surface area (Å²) in [4.78, 5) is 0. The highest BCUT2D eigenvalue weighted by Gasteiger charge is 2.62. The molecule has 21 aromatic carbocycles.